The van der Waals surface area contributed by atoms with Gasteiger partial charge in [-0.2, -0.15) is 0 Å². The zero-order valence-corrected chi connectivity index (χ0v) is 10.4. The first kappa shape index (κ1) is 12.2. The summed E-state index contributed by atoms with van der Waals surface area (Å²) in [5.74, 6) is 0.305. The summed E-state index contributed by atoms with van der Waals surface area (Å²) in [6.07, 6.45) is 5.92. The third-order valence-electron chi connectivity index (χ3n) is 3.40. The molecule has 92 valence electrons. The van der Waals surface area contributed by atoms with E-state index in [1.54, 1.807) is 6.92 Å². The Balaban J connectivity index is 1.84. The summed E-state index contributed by atoms with van der Waals surface area (Å²) >= 11 is 0. The van der Waals surface area contributed by atoms with Crippen molar-refractivity contribution in [2.75, 3.05) is 13.1 Å². The van der Waals surface area contributed by atoms with Crippen LogP contribution >= 0.6 is 0 Å². The number of carbonyl (C=O) groups excluding carboxylic acids is 1. The highest BCUT2D eigenvalue weighted by atomic mass is 16.1. The molecule has 0 spiro atoms. The van der Waals surface area contributed by atoms with E-state index in [9.17, 15) is 4.79 Å². The fourth-order valence-electron chi connectivity index (χ4n) is 2.56. The van der Waals surface area contributed by atoms with Crippen LogP contribution in [0.25, 0.3) is 0 Å². The fourth-order valence-corrected chi connectivity index (χ4v) is 2.56. The van der Waals surface area contributed by atoms with E-state index in [1.807, 2.05) is 18.3 Å². The smallest absolute Gasteiger partial charge is 0.131 e. The summed E-state index contributed by atoms with van der Waals surface area (Å²) in [6, 6.07) is 6.50. The molecule has 1 atom stereocenters. The lowest BCUT2D eigenvalue weighted by atomic mass is 10.1. The van der Waals surface area contributed by atoms with Crippen LogP contribution in [0.15, 0.2) is 24.4 Å². The number of ketones is 1. The van der Waals surface area contributed by atoms with Gasteiger partial charge in [-0.15, -0.1) is 0 Å². The van der Waals surface area contributed by atoms with E-state index >= 15 is 0 Å². The predicted octanol–water partition coefficient (Wildman–Crippen LogP) is 2.07. The summed E-state index contributed by atoms with van der Waals surface area (Å²) in [5, 5.41) is 0. The van der Waals surface area contributed by atoms with Crippen molar-refractivity contribution in [3.8, 4) is 0 Å². The number of Topliss-reactive ketones (excluding diaryl/α,β-unsaturated/α-hetero) is 1. The van der Waals surface area contributed by atoms with E-state index in [-0.39, 0.29) is 0 Å². The summed E-state index contributed by atoms with van der Waals surface area (Å²) < 4.78 is 0. The van der Waals surface area contributed by atoms with E-state index in [4.69, 9.17) is 0 Å². The van der Waals surface area contributed by atoms with Crippen molar-refractivity contribution >= 4 is 5.78 Å². The average molecular weight is 232 g/mol. The van der Waals surface area contributed by atoms with Crippen LogP contribution in [0.3, 0.4) is 0 Å². The topological polar surface area (TPSA) is 33.2 Å². The number of likely N-dealkylation sites (tertiary alicyclic amines) is 1. The molecule has 0 amide bonds. The second-order valence-corrected chi connectivity index (χ2v) is 4.81. The Labute approximate surface area is 103 Å². The molecule has 1 aromatic heterocycles. The van der Waals surface area contributed by atoms with Crippen molar-refractivity contribution in [3.05, 3.63) is 30.1 Å². The standard InChI is InChI=1S/C14H20N2O/c1-12(17)11-14-6-4-9-16(14)10-7-13-5-2-3-8-15-13/h2-3,5,8,14H,4,6-7,9-11H2,1H3. The largest absolute Gasteiger partial charge is 0.300 e. The van der Waals surface area contributed by atoms with Gasteiger partial charge < -0.3 is 0 Å². The maximum absolute atomic E-state index is 11.2. The van der Waals surface area contributed by atoms with Crippen molar-refractivity contribution in [1.82, 2.24) is 9.88 Å². The van der Waals surface area contributed by atoms with Gasteiger partial charge in [0, 0.05) is 37.3 Å². The summed E-state index contributed by atoms with van der Waals surface area (Å²) in [5.41, 5.74) is 1.14. The molecule has 17 heavy (non-hydrogen) atoms. The molecule has 0 bridgehead atoms. The zero-order valence-electron chi connectivity index (χ0n) is 10.4. The monoisotopic (exact) mass is 232 g/mol. The molecule has 0 saturated carbocycles. The van der Waals surface area contributed by atoms with Crippen molar-refractivity contribution in [2.45, 2.75) is 38.6 Å². The lowest BCUT2D eigenvalue weighted by molar-refractivity contribution is -0.118. The molecule has 3 heteroatoms. The van der Waals surface area contributed by atoms with E-state index in [0.717, 1.165) is 25.2 Å². The first-order chi connectivity index (χ1) is 8.25. The molecule has 1 aromatic rings. The van der Waals surface area contributed by atoms with Gasteiger partial charge in [0.05, 0.1) is 0 Å². The summed E-state index contributed by atoms with van der Waals surface area (Å²) in [4.78, 5) is 18.0. The zero-order chi connectivity index (χ0) is 12.1. The Morgan fingerprint density at radius 3 is 3.12 bits per heavy atom. The highest BCUT2D eigenvalue weighted by molar-refractivity contribution is 5.76. The van der Waals surface area contributed by atoms with Crippen LogP contribution in [0, 0.1) is 0 Å². The van der Waals surface area contributed by atoms with Crippen LogP contribution in [0.4, 0.5) is 0 Å². The Morgan fingerprint density at radius 2 is 2.41 bits per heavy atom. The van der Waals surface area contributed by atoms with Gasteiger partial charge in [-0.1, -0.05) is 6.07 Å². The van der Waals surface area contributed by atoms with E-state index in [1.165, 1.54) is 12.8 Å². The van der Waals surface area contributed by atoms with Crippen LogP contribution in [0.2, 0.25) is 0 Å². The van der Waals surface area contributed by atoms with Crippen LogP contribution in [-0.2, 0) is 11.2 Å². The van der Waals surface area contributed by atoms with Crippen LogP contribution in [-0.4, -0.2) is 34.8 Å². The highest BCUT2D eigenvalue weighted by Crippen LogP contribution is 2.20. The summed E-state index contributed by atoms with van der Waals surface area (Å²) in [6.45, 7) is 3.84. The Morgan fingerprint density at radius 1 is 1.53 bits per heavy atom. The van der Waals surface area contributed by atoms with Crippen molar-refractivity contribution in [2.24, 2.45) is 0 Å². The maximum Gasteiger partial charge on any atom is 0.131 e. The Bertz CT molecular complexity index is 364. The molecule has 3 nitrogen and oxygen atoms in total. The molecule has 2 rings (SSSR count). The van der Waals surface area contributed by atoms with Crippen LogP contribution in [0.5, 0.6) is 0 Å². The second kappa shape index (κ2) is 5.92. The first-order valence-corrected chi connectivity index (χ1v) is 6.39. The molecule has 0 aromatic carbocycles. The van der Waals surface area contributed by atoms with Gasteiger partial charge in [-0.05, 0) is 38.4 Å². The van der Waals surface area contributed by atoms with Gasteiger partial charge >= 0.3 is 0 Å². The van der Waals surface area contributed by atoms with Gasteiger partial charge in [0.2, 0.25) is 0 Å². The van der Waals surface area contributed by atoms with Crippen LogP contribution in [0.1, 0.15) is 31.9 Å². The SMILES string of the molecule is CC(=O)CC1CCCN1CCc1ccccn1. The predicted molar refractivity (Wildman–Crippen MR) is 67.8 cm³/mol. The number of pyridine rings is 1. The third-order valence-corrected chi connectivity index (χ3v) is 3.40. The molecule has 1 saturated heterocycles. The molecule has 1 aliphatic heterocycles. The molecule has 1 aliphatic rings. The Hall–Kier alpha value is -1.22. The number of rotatable bonds is 5. The summed E-state index contributed by atoms with van der Waals surface area (Å²) in [7, 11) is 0. The molecular weight excluding hydrogens is 212 g/mol. The molecule has 2 heterocycles. The minimum atomic E-state index is 0.305. The molecular formula is C14H20N2O. The van der Waals surface area contributed by atoms with E-state index in [0.29, 0.717) is 18.2 Å². The van der Waals surface area contributed by atoms with Crippen LogP contribution < -0.4 is 0 Å². The first-order valence-electron chi connectivity index (χ1n) is 6.39. The Kier molecular flexibility index (Phi) is 4.26. The third kappa shape index (κ3) is 3.63. The van der Waals surface area contributed by atoms with Gasteiger partial charge in [0.25, 0.3) is 0 Å². The average Bonchev–Trinajstić information content (AvgIpc) is 2.74. The number of carbonyl (C=O) groups is 1. The molecule has 1 fully saturated rings. The second-order valence-electron chi connectivity index (χ2n) is 4.81. The number of aromatic nitrogens is 1. The highest BCUT2D eigenvalue weighted by Gasteiger charge is 2.24. The number of nitrogens with zero attached hydrogens (tertiary/aromatic N) is 2. The van der Waals surface area contributed by atoms with Gasteiger partial charge in [-0.25, -0.2) is 0 Å². The fraction of sp³-hybridized carbons (Fsp3) is 0.571. The van der Waals surface area contributed by atoms with E-state index < -0.39 is 0 Å². The normalized spacial score (nSPS) is 20.6. The number of hydrogen-bond acceptors (Lipinski definition) is 3. The van der Waals surface area contributed by atoms with Gasteiger partial charge in [-0.3, -0.25) is 14.7 Å². The van der Waals surface area contributed by atoms with Crippen molar-refractivity contribution < 1.29 is 4.79 Å². The molecule has 1 unspecified atom stereocenters. The molecule has 0 aliphatic carbocycles. The maximum atomic E-state index is 11.2. The van der Waals surface area contributed by atoms with E-state index in [2.05, 4.69) is 16.0 Å². The lowest BCUT2D eigenvalue weighted by Crippen LogP contribution is -2.32. The minimum absolute atomic E-state index is 0.305. The van der Waals surface area contributed by atoms with Gasteiger partial charge in [0.1, 0.15) is 5.78 Å². The quantitative estimate of drug-likeness (QED) is 0.779. The lowest BCUT2D eigenvalue weighted by Gasteiger charge is -2.23. The van der Waals surface area contributed by atoms with Crippen molar-refractivity contribution in [3.63, 3.8) is 0 Å². The van der Waals surface area contributed by atoms with Gasteiger partial charge in [0.15, 0.2) is 0 Å². The molecule has 0 N–H and O–H groups in total. The number of hydrogen-bond donors (Lipinski definition) is 0. The minimum Gasteiger partial charge on any atom is -0.300 e. The molecule has 0 radical (unpaired) electrons. The van der Waals surface area contributed by atoms with Crippen molar-refractivity contribution in [1.29, 1.82) is 0 Å².